The van der Waals surface area contributed by atoms with Crippen LogP contribution in [-0.2, 0) is 4.74 Å². The molecule has 1 aromatic carbocycles. The molecule has 4 rings (SSSR count). The summed E-state index contributed by atoms with van der Waals surface area (Å²) in [6, 6.07) is 5.83. The maximum atomic E-state index is 5.71. The second-order valence-corrected chi connectivity index (χ2v) is 5.92. The van der Waals surface area contributed by atoms with Crippen LogP contribution in [0.5, 0.6) is 0 Å². The van der Waals surface area contributed by atoms with Gasteiger partial charge in [0.2, 0.25) is 5.89 Å². The van der Waals surface area contributed by atoms with Gasteiger partial charge in [-0.3, -0.25) is 0 Å². The number of ether oxygens (including phenoxy) is 1. The third-order valence-electron chi connectivity index (χ3n) is 3.49. The zero-order chi connectivity index (χ0) is 14.1. The highest BCUT2D eigenvalue weighted by Crippen LogP contribution is 2.27. The van der Waals surface area contributed by atoms with Gasteiger partial charge in [0.25, 0.3) is 5.22 Å². The first-order chi connectivity index (χ1) is 10.4. The summed E-state index contributed by atoms with van der Waals surface area (Å²) in [4.78, 5) is 7.27. The molecule has 1 aliphatic heterocycles. The van der Waals surface area contributed by atoms with E-state index in [0.717, 1.165) is 41.8 Å². The first-order valence-corrected chi connectivity index (χ1v) is 7.88. The second-order valence-electron chi connectivity index (χ2n) is 4.95. The second kappa shape index (κ2) is 5.50. The van der Waals surface area contributed by atoms with Crippen molar-refractivity contribution in [1.29, 1.82) is 0 Å². The van der Waals surface area contributed by atoms with E-state index in [2.05, 4.69) is 20.2 Å². The summed E-state index contributed by atoms with van der Waals surface area (Å²) in [5.74, 6) is 1.39. The lowest BCUT2D eigenvalue weighted by Gasteiger charge is -2.05. The molecule has 3 aromatic rings. The van der Waals surface area contributed by atoms with Crippen molar-refractivity contribution in [3.05, 3.63) is 24.5 Å². The van der Waals surface area contributed by atoms with Crippen LogP contribution in [0.15, 0.2) is 34.2 Å². The fraction of sp³-hybridized carbons (Fsp3) is 0.357. The fourth-order valence-corrected chi connectivity index (χ4v) is 3.22. The van der Waals surface area contributed by atoms with Gasteiger partial charge in [-0.05, 0) is 31.0 Å². The number of nitrogens with one attached hydrogen (secondary N) is 1. The van der Waals surface area contributed by atoms with Crippen molar-refractivity contribution in [3.63, 3.8) is 0 Å². The minimum absolute atomic E-state index is 0.312. The average Bonchev–Trinajstić information content (AvgIpc) is 3.25. The van der Waals surface area contributed by atoms with Gasteiger partial charge in [0, 0.05) is 17.9 Å². The molecule has 0 radical (unpaired) electrons. The molecule has 0 aliphatic carbocycles. The number of H-pyrrole nitrogens is 1. The van der Waals surface area contributed by atoms with E-state index in [0.29, 0.717) is 17.2 Å². The quantitative estimate of drug-likeness (QED) is 0.747. The third kappa shape index (κ3) is 2.66. The predicted octanol–water partition coefficient (Wildman–Crippen LogP) is 2.88. The number of hydrogen-bond donors (Lipinski definition) is 1. The Hall–Kier alpha value is -1.86. The molecule has 0 amide bonds. The minimum atomic E-state index is 0.312. The molecule has 1 aliphatic rings. The maximum Gasteiger partial charge on any atom is 0.276 e. The Kier molecular flexibility index (Phi) is 3.36. The standard InChI is InChI=1S/C14H14N4O2S/c1-2-10(19-5-1)7-21-14-18-17-13(20-14)9-3-4-11-12(6-9)16-8-15-11/h3-4,6,8,10H,1-2,5,7H2,(H,15,16). The van der Waals surface area contributed by atoms with Crippen LogP contribution < -0.4 is 0 Å². The summed E-state index contributed by atoms with van der Waals surface area (Å²) < 4.78 is 11.3. The molecule has 1 fully saturated rings. The average molecular weight is 302 g/mol. The Balaban J connectivity index is 1.50. The molecule has 1 saturated heterocycles. The van der Waals surface area contributed by atoms with Gasteiger partial charge in [0.1, 0.15) is 0 Å². The first kappa shape index (κ1) is 12.8. The van der Waals surface area contributed by atoms with Gasteiger partial charge in [0.05, 0.1) is 23.5 Å². The molecule has 3 heterocycles. The van der Waals surface area contributed by atoms with Gasteiger partial charge in [-0.1, -0.05) is 11.8 Å². The van der Waals surface area contributed by atoms with Gasteiger partial charge < -0.3 is 14.1 Å². The molecule has 1 N–H and O–H groups in total. The summed E-state index contributed by atoms with van der Waals surface area (Å²) in [5.41, 5.74) is 2.77. The Morgan fingerprint density at radius 1 is 1.33 bits per heavy atom. The minimum Gasteiger partial charge on any atom is -0.411 e. The highest BCUT2D eigenvalue weighted by atomic mass is 32.2. The summed E-state index contributed by atoms with van der Waals surface area (Å²) in [5, 5.41) is 8.78. The topological polar surface area (TPSA) is 76.8 Å². The zero-order valence-electron chi connectivity index (χ0n) is 11.3. The smallest absolute Gasteiger partial charge is 0.276 e. The normalized spacial score (nSPS) is 18.6. The predicted molar refractivity (Wildman–Crippen MR) is 79.1 cm³/mol. The van der Waals surface area contributed by atoms with Crippen LogP contribution in [0.4, 0.5) is 0 Å². The molecule has 0 bridgehead atoms. The number of nitrogens with zero attached hydrogens (tertiary/aromatic N) is 3. The SMILES string of the molecule is c1nc2ccc(-c3nnc(SCC4CCCO4)o3)cc2[nH]1. The maximum absolute atomic E-state index is 5.71. The third-order valence-corrected chi connectivity index (χ3v) is 4.44. The fourth-order valence-electron chi connectivity index (χ4n) is 2.39. The Morgan fingerprint density at radius 2 is 2.33 bits per heavy atom. The van der Waals surface area contributed by atoms with E-state index in [1.54, 1.807) is 18.1 Å². The molecular formula is C14H14N4O2S. The number of hydrogen-bond acceptors (Lipinski definition) is 6. The number of aromatic nitrogens is 4. The van der Waals surface area contributed by atoms with Crippen molar-refractivity contribution < 1.29 is 9.15 Å². The van der Waals surface area contributed by atoms with Crippen molar-refractivity contribution in [3.8, 4) is 11.5 Å². The summed E-state index contributed by atoms with van der Waals surface area (Å²) in [6.45, 7) is 0.866. The van der Waals surface area contributed by atoms with Crippen LogP contribution in [0, 0.1) is 0 Å². The van der Waals surface area contributed by atoms with Crippen LogP contribution in [0.2, 0.25) is 0 Å². The van der Waals surface area contributed by atoms with Crippen LogP contribution in [-0.4, -0.2) is 38.6 Å². The van der Waals surface area contributed by atoms with Crippen LogP contribution in [0.25, 0.3) is 22.5 Å². The molecule has 2 aromatic heterocycles. The Labute approximate surface area is 125 Å². The lowest BCUT2D eigenvalue weighted by molar-refractivity contribution is 0.128. The van der Waals surface area contributed by atoms with E-state index in [1.165, 1.54) is 0 Å². The van der Waals surface area contributed by atoms with E-state index >= 15 is 0 Å². The molecule has 7 heteroatoms. The Morgan fingerprint density at radius 3 is 3.24 bits per heavy atom. The van der Waals surface area contributed by atoms with Crippen LogP contribution in [0.3, 0.4) is 0 Å². The number of benzene rings is 1. The number of aromatic amines is 1. The van der Waals surface area contributed by atoms with E-state index in [1.807, 2.05) is 18.2 Å². The molecule has 108 valence electrons. The van der Waals surface area contributed by atoms with Crippen LogP contribution >= 0.6 is 11.8 Å². The number of rotatable bonds is 4. The van der Waals surface area contributed by atoms with Crippen molar-refractivity contribution >= 4 is 22.8 Å². The van der Waals surface area contributed by atoms with Gasteiger partial charge in [-0.2, -0.15) is 0 Å². The van der Waals surface area contributed by atoms with E-state index in [9.17, 15) is 0 Å². The molecule has 6 nitrogen and oxygen atoms in total. The van der Waals surface area contributed by atoms with E-state index in [-0.39, 0.29) is 0 Å². The lowest BCUT2D eigenvalue weighted by Crippen LogP contribution is -2.07. The van der Waals surface area contributed by atoms with Gasteiger partial charge in [-0.15, -0.1) is 10.2 Å². The molecule has 21 heavy (non-hydrogen) atoms. The highest BCUT2D eigenvalue weighted by Gasteiger charge is 2.17. The number of imidazole rings is 1. The first-order valence-electron chi connectivity index (χ1n) is 6.90. The number of fused-ring (bicyclic) bond motifs is 1. The summed E-state index contributed by atoms with van der Waals surface area (Å²) >= 11 is 1.55. The van der Waals surface area contributed by atoms with Gasteiger partial charge in [0.15, 0.2) is 0 Å². The van der Waals surface area contributed by atoms with Crippen LogP contribution in [0.1, 0.15) is 12.8 Å². The highest BCUT2D eigenvalue weighted by molar-refractivity contribution is 7.99. The van der Waals surface area contributed by atoms with Crippen molar-refractivity contribution in [2.24, 2.45) is 0 Å². The lowest BCUT2D eigenvalue weighted by atomic mass is 10.2. The van der Waals surface area contributed by atoms with Gasteiger partial charge in [-0.25, -0.2) is 4.98 Å². The van der Waals surface area contributed by atoms with Gasteiger partial charge >= 0.3 is 0 Å². The van der Waals surface area contributed by atoms with Crippen molar-refractivity contribution in [1.82, 2.24) is 20.2 Å². The van der Waals surface area contributed by atoms with E-state index < -0.39 is 0 Å². The Bertz CT molecular complexity index is 748. The van der Waals surface area contributed by atoms with Crippen molar-refractivity contribution in [2.45, 2.75) is 24.2 Å². The molecule has 0 spiro atoms. The molecule has 1 unspecified atom stereocenters. The molecule has 0 saturated carbocycles. The largest absolute Gasteiger partial charge is 0.411 e. The molecular weight excluding hydrogens is 288 g/mol. The summed E-state index contributed by atoms with van der Waals surface area (Å²) in [7, 11) is 0. The zero-order valence-corrected chi connectivity index (χ0v) is 12.1. The summed E-state index contributed by atoms with van der Waals surface area (Å²) in [6.07, 6.45) is 4.24. The monoisotopic (exact) mass is 302 g/mol. The molecule has 1 atom stereocenters. The van der Waals surface area contributed by atoms with Crippen molar-refractivity contribution in [2.75, 3.05) is 12.4 Å². The number of thioether (sulfide) groups is 1. The van der Waals surface area contributed by atoms with E-state index in [4.69, 9.17) is 9.15 Å².